The number of rotatable bonds is 3. The molecule has 1 aliphatic rings. The number of halogens is 7. The lowest BCUT2D eigenvalue weighted by Gasteiger charge is -2.30. The summed E-state index contributed by atoms with van der Waals surface area (Å²) in [6.45, 7) is 0. The van der Waals surface area contributed by atoms with Crippen LogP contribution in [0.3, 0.4) is 0 Å². The Kier molecular flexibility index (Phi) is 4.20. The van der Waals surface area contributed by atoms with Gasteiger partial charge in [0.2, 0.25) is 5.91 Å². The van der Waals surface area contributed by atoms with Crippen LogP contribution in [0.4, 0.5) is 30.7 Å². The van der Waals surface area contributed by atoms with Gasteiger partial charge in [0.25, 0.3) is 5.91 Å². The van der Waals surface area contributed by atoms with Crippen LogP contribution < -0.4 is 10.6 Å². The number of piperidine rings is 1. The molecule has 1 atom stereocenters. The lowest BCUT2D eigenvalue weighted by Crippen LogP contribution is -2.62. The van der Waals surface area contributed by atoms with Gasteiger partial charge in [0.15, 0.2) is 0 Å². The molecule has 0 aromatic carbocycles. The zero-order valence-electron chi connectivity index (χ0n) is 9.66. The Morgan fingerprint density at radius 3 is 2.15 bits per heavy atom. The van der Waals surface area contributed by atoms with Crippen molar-refractivity contribution < 1.29 is 40.3 Å². The molecule has 1 unspecified atom stereocenters. The zero-order valence-corrected chi connectivity index (χ0v) is 9.66. The molecule has 0 bridgehead atoms. The summed E-state index contributed by atoms with van der Waals surface area (Å²) >= 11 is 0. The Morgan fingerprint density at radius 1 is 1.15 bits per heavy atom. The van der Waals surface area contributed by atoms with Crippen LogP contribution in [0.5, 0.6) is 0 Å². The second-order valence-corrected chi connectivity index (χ2v) is 4.13. The van der Waals surface area contributed by atoms with E-state index < -0.39 is 36.0 Å². The molecule has 11 heteroatoms. The normalized spacial score (nSPS) is 21.4. The molecule has 0 aliphatic carbocycles. The highest BCUT2D eigenvalue weighted by Gasteiger charge is 2.76. The smallest absolute Gasteiger partial charge is 0.336 e. The van der Waals surface area contributed by atoms with Crippen molar-refractivity contribution in [3.8, 4) is 0 Å². The largest absolute Gasteiger partial charge is 0.460 e. The van der Waals surface area contributed by atoms with E-state index in [4.69, 9.17) is 0 Å². The monoisotopic (exact) mass is 310 g/mol. The number of nitrogens with one attached hydrogen (secondary N) is 2. The second-order valence-electron chi connectivity index (χ2n) is 4.13. The minimum absolute atomic E-state index is 0.0431. The standard InChI is InChI=1S/C9H9F7N2O2/c10-7(11,8(12,13)9(14,15)16)6(20)18-4-2-1-3-5(19)17-4/h4H,1-3H2,(H,17,19)(H,18,20). The third kappa shape index (κ3) is 2.96. The molecule has 0 spiro atoms. The Bertz CT molecular complexity index is 408. The number of carbonyl (C=O) groups excluding carboxylic acids is 2. The minimum atomic E-state index is -6.58. The van der Waals surface area contributed by atoms with Crippen LogP contribution in [0.15, 0.2) is 0 Å². The first-order chi connectivity index (χ1) is 8.89. The van der Waals surface area contributed by atoms with E-state index in [0.29, 0.717) is 0 Å². The van der Waals surface area contributed by atoms with Crippen molar-refractivity contribution in [3.05, 3.63) is 0 Å². The molecule has 1 saturated heterocycles. The topological polar surface area (TPSA) is 58.2 Å². The van der Waals surface area contributed by atoms with E-state index in [1.807, 2.05) is 5.32 Å². The summed E-state index contributed by atoms with van der Waals surface area (Å²) in [5, 5.41) is 3.25. The highest BCUT2D eigenvalue weighted by molar-refractivity contribution is 5.86. The lowest BCUT2D eigenvalue weighted by molar-refractivity contribution is -0.344. The molecule has 1 aliphatic heterocycles. The fourth-order valence-electron chi connectivity index (χ4n) is 1.48. The average Bonchev–Trinajstić information content (AvgIpc) is 2.27. The Labute approximate surface area is 107 Å². The van der Waals surface area contributed by atoms with Crippen LogP contribution in [-0.4, -0.2) is 36.0 Å². The van der Waals surface area contributed by atoms with Gasteiger partial charge in [-0.2, -0.15) is 30.7 Å². The Balaban J connectivity index is 2.82. The van der Waals surface area contributed by atoms with Crippen LogP contribution >= 0.6 is 0 Å². The molecule has 0 aromatic heterocycles. The van der Waals surface area contributed by atoms with Gasteiger partial charge in [0, 0.05) is 6.42 Å². The van der Waals surface area contributed by atoms with Crippen LogP contribution in [0, 0.1) is 0 Å². The van der Waals surface area contributed by atoms with E-state index in [0.717, 1.165) is 0 Å². The molecule has 2 N–H and O–H groups in total. The molecule has 4 nitrogen and oxygen atoms in total. The van der Waals surface area contributed by atoms with Crippen molar-refractivity contribution in [3.63, 3.8) is 0 Å². The van der Waals surface area contributed by atoms with Crippen molar-refractivity contribution in [2.45, 2.75) is 43.4 Å². The molecule has 0 radical (unpaired) electrons. The van der Waals surface area contributed by atoms with Gasteiger partial charge < -0.3 is 10.6 Å². The van der Waals surface area contributed by atoms with Crippen LogP contribution in [0.25, 0.3) is 0 Å². The predicted molar refractivity (Wildman–Crippen MR) is 49.9 cm³/mol. The third-order valence-electron chi connectivity index (χ3n) is 2.57. The van der Waals surface area contributed by atoms with Gasteiger partial charge >= 0.3 is 18.0 Å². The molecule has 0 saturated carbocycles. The highest BCUT2D eigenvalue weighted by Crippen LogP contribution is 2.46. The molecule has 0 aromatic rings. The van der Waals surface area contributed by atoms with Gasteiger partial charge in [-0.1, -0.05) is 0 Å². The van der Waals surface area contributed by atoms with Crippen molar-refractivity contribution in [1.82, 2.24) is 10.6 Å². The molecular weight excluding hydrogens is 301 g/mol. The number of hydrogen-bond donors (Lipinski definition) is 2. The van der Waals surface area contributed by atoms with Gasteiger partial charge in [-0.15, -0.1) is 0 Å². The Morgan fingerprint density at radius 2 is 1.70 bits per heavy atom. The molecule has 2 amide bonds. The summed E-state index contributed by atoms with van der Waals surface area (Å²) < 4.78 is 86.6. The van der Waals surface area contributed by atoms with Gasteiger partial charge in [-0.3, -0.25) is 9.59 Å². The van der Waals surface area contributed by atoms with E-state index in [2.05, 4.69) is 0 Å². The molecule has 116 valence electrons. The van der Waals surface area contributed by atoms with Crippen LogP contribution in [0.2, 0.25) is 0 Å². The van der Waals surface area contributed by atoms with Crippen molar-refractivity contribution >= 4 is 11.8 Å². The summed E-state index contributed by atoms with van der Waals surface area (Å²) in [6, 6.07) is 0. The van der Waals surface area contributed by atoms with Crippen molar-refractivity contribution in [1.29, 1.82) is 0 Å². The van der Waals surface area contributed by atoms with Gasteiger partial charge in [-0.05, 0) is 12.8 Å². The molecule has 20 heavy (non-hydrogen) atoms. The maximum atomic E-state index is 12.9. The quantitative estimate of drug-likeness (QED) is 0.777. The van der Waals surface area contributed by atoms with Gasteiger partial charge in [-0.25, -0.2) is 0 Å². The van der Waals surface area contributed by atoms with E-state index in [-0.39, 0.29) is 19.3 Å². The first-order valence-electron chi connectivity index (χ1n) is 5.32. The first kappa shape index (κ1) is 16.5. The minimum Gasteiger partial charge on any atom is -0.336 e. The SMILES string of the molecule is O=C1CCCC(NC(=O)C(F)(F)C(F)(F)C(F)(F)F)N1. The van der Waals surface area contributed by atoms with E-state index >= 15 is 0 Å². The van der Waals surface area contributed by atoms with Gasteiger partial charge in [0.05, 0.1) is 0 Å². The summed E-state index contributed by atoms with van der Waals surface area (Å²) in [5.41, 5.74) is 0. The molecule has 1 fully saturated rings. The number of hydrogen-bond acceptors (Lipinski definition) is 2. The third-order valence-corrected chi connectivity index (χ3v) is 2.57. The predicted octanol–water partition coefficient (Wildman–Crippen LogP) is 1.56. The Hall–Kier alpha value is -1.55. The summed E-state index contributed by atoms with van der Waals surface area (Å²) in [4.78, 5) is 21.8. The van der Waals surface area contributed by atoms with Gasteiger partial charge in [0.1, 0.15) is 6.17 Å². The maximum absolute atomic E-state index is 12.9. The number of amides is 2. The van der Waals surface area contributed by atoms with E-state index in [1.165, 1.54) is 5.32 Å². The fourth-order valence-corrected chi connectivity index (χ4v) is 1.48. The highest BCUT2D eigenvalue weighted by atomic mass is 19.4. The molecule has 1 rings (SSSR count). The van der Waals surface area contributed by atoms with Crippen molar-refractivity contribution in [2.24, 2.45) is 0 Å². The summed E-state index contributed by atoms with van der Waals surface area (Å²) in [7, 11) is 0. The summed E-state index contributed by atoms with van der Waals surface area (Å²) in [5.74, 6) is -15.9. The first-order valence-corrected chi connectivity index (χ1v) is 5.32. The zero-order chi connectivity index (χ0) is 15.8. The van der Waals surface area contributed by atoms with Crippen LogP contribution in [-0.2, 0) is 9.59 Å². The van der Waals surface area contributed by atoms with E-state index in [9.17, 15) is 40.3 Å². The maximum Gasteiger partial charge on any atom is 0.460 e. The lowest BCUT2D eigenvalue weighted by atomic mass is 10.1. The fraction of sp³-hybridized carbons (Fsp3) is 0.778. The molecule has 1 heterocycles. The van der Waals surface area contributed by atoms with Crippen LogP contribution in [0.1, 0.15) is 19.3 Å². The van der Waals surface area contributed by atoms with E-state index in [1.54, 1.807) is 0 Å². The van der Waals surface area contributed by atoms with Crippen molar-refractivity contribution in [2.75, 3.05) is 0 Å². The summed E-state index contributed by atoms with van der Waals surface area (Å²) in [6.07, 6.45) is -7.81. The number of carbonyl (C=O) groups is 2. The molecular formula is C9H9F7N2O2. The number of alkyl halides is 7. The average molecular weight is 310 g/mol. The second kappa shape index (κ2) is 5.09.